The van der Waals surface area contributed by atoms with E-state index in [0.717, 1.165) is 16.8 Å². The second-order valence-corrected chi connectivity index (χ2v) is 7.58. The van der Waals surface area contributed by atoms with Crippen LogP contribution in [0.25, 0.3) is 0 Å². The van der Waals surface area contributed by atoms with Crippen molar-refractivity contribution in [2.45, 2.75) is 18.5 Å². The van der Waals surface area contributed by atoms with E-state index in [1.165, 1.54) is 0 Å². The van der Waals surface area contributed by atoms with Crippen molar-refractivity contribution >= 4 is 29.3 Å². The molecule has 5 nitrogen and oxygen atoms in total. The van der Waals surface area contributed by atoms with Crippen LogP contribution in [0.5, 0.6) is 0 Å². The van der Waals surface area contributed by atoms with Crippen molar-refractivity contribution in [3.05, 3.63) is 82.6 Å². The van der Waals surface area contributed by atoms with Crippen molar-refractivity contribution in [3.8, 4) is 0 Å². The molecule has 1 atom stereocenters. The average molecular weight is 385 g/mol. The van der Waals surface area contributed by atoms with E-state index in [1.807, 2.05) is 65.7 Å². The van der Waals surface area contributed by atoms with Gasteiger partial charge < -0.3 is 4.90 Å². The van der Waals surface area contributed by atoms with Crippen molar-refractivity contribution in [2.75, 3.05) is 5.75 Å². The quantitative estimate of drug-likeness (QED) is 0.672. The molecule has 26 heavy (non-hydrogen) atoms. The molecule has 0 radical (unpaired) electrons. The lowest BCUT2D eigenvalue weighted by molar-refractivity contribution is -0.128. The molecular weight excluding hydrogens is 368 g/mol. The average Bonchev–Trinajstić information content (AvgIpc) is 3.25. The van der Waals surface area contributed by atoms with Crippen LogP contribution in [-0.4, -0.2) is 31.6 Å². The maximum absolute atomic E-state index is 12.3. The van der Waals surface area contributed by atoms with Gasteiger partial charge in [0.15, 0.2) is 0 Å². The number of hydrogen-bond donors (Lipinski definition) is 0. The Morgan fingerprint density at radius 2 is 1.85 bits per heavy atom. The minimum atomic E-state index is -0.109. The summed E-state index contributed by atoms with van der Waals surface area (Å²) in [5, 5.41) is 9.13. The number of halogens is 1. The van der Waals surface area contributed by atoms with E-state index in [2.05, 4.69) is 10.3 Å². The summed E-state index contributed by atoms with van der Waals surface area (Å²) in [6, 6.07) is 17.7. The van der Waals surface area contributed by atoms with Gasteiger partial charge in [0.05, 0.1) is 18.5 Å². The van der Waals surface area contributed by atoms with Crippen molar-refractivity contribution in [1.29, 1.82) is 0 Å². The van der Waals surface area contributed by atoms with Gasteiger partial charge in [-0.25, -0.2) is 4.68 Å². The van der Waals surface area contributed by atoms with E-state index in [1.54, 1.807) is 16.4 Å². The van der Waals surface area contributed by atoms with Gasteiger partial charge in [-0.15, -0.1) is 16.9 Å². The minimum absolute atomic E-state index is 0.109. The molecule has 7 heteroatoms. The third-order valence-corrected chi connectivity index (χ3v) is 5.86. The SMILES string of the molecule is O=C1CS[C@@H](c2cn(Cc3ccccc3Cl)nn2)N1Cc1ccccc1. The molecule has 1 aliphatic heterocycles. The zero-order chi connectivity index (χ0) is 17.9. The number of thioether (sulfide) groups is 1. The van der Waals surface area contributed by atoms with E-state index in [0.29, 0.717) is 23.9 Å². The Morgan fingerprint density at radius 3 is 2.65 bits per heavy atom. The second kappa shape index (κ2) is 7.51. The largest absolute Gasteiger partial charge is 0.320 e. The van der Waals surface area contributed by atoms with Crippen LogP contribution in [0.3, 0.4) is 0 Å². The number of amides is 1. The highest BCUT2D eigenvalue weighted by atomic mass is 35.5. The first kappa shape index (κ1) is 17.1. The van der Waals surface area contributed by atoms with Crippen LogP contribution in [0, 0.1) is 0 Å². The number of nitrogens with zero attached hydrogens (tertiary/aromatic N) is 4. The molecule has 1 fully saturated rings. The van der Waals surface area contributed by atoms with Gasteiger partial charge >= 0.3 is 0 Å². The summed E-state index contributed by atoms with van der Waals surface area (Å²) in [5.41, 5.74) is 2.89. The Kier molecular flexibility index (Phi) is 4.95. The minimum Gasteiger partial charge on any atom is -0.320 e. The number of benzene rings is 2. The third kappa shape index (κ3) is 3.61. The lowest BCUT2D eigenvalue weighted by Crippen LogP contribution is -2.27. The maximum Gasteiger partial charge on any atom is 0.234 e. The van der Waals surface area contributed by atoms with Gasteiger partial charge in [0.2, 0.25) is 5.91 Å². The van der Waals surface area contributed by atoms with E-state index in [-0.39, 0.29) is 11.3 Å². The number of carbonyl (C=O) groups is 1. The van der Waals surface area contributed by atoms with E-state index >= 15 is 0 Å². The maximum atomic E-state index is 12.3. The topological polar surface area (TPSA) is 51.0 Å². The monoisotopic (exact) mass is 384 g/mol. The molecule has 2 heterocycles. The van der Waals surface area contributed by atoms with Gasteiger partial charge in [0.25, 0.3) is 0 Å². The molecule has 0 bridgehead atoms. The van der Waals surface area contributed by atoms with Gasteiger partial charge in [-0.2, -0.15) is 0 Å². The van der Waals surface area contributed by atoms with Crippen LogP contribution < -0.4 is 0 Å². The summed E-state index contributed by atoms with van der Waals surface area (Å²) < 4.78 is 1.76. The number of hydrogen-bond acceptors (Lipinski definition) is 4. The molecule has 1 aliphatic rings. The Bertz CT molecular complexity index is 915. The molecule has 3 aromatic rings. The molecule has 0 N–H and O–H groups in total. The van der Waals surface area contributed by atoms with Crippen molar-refractivity contribution in [3.63, 3.8) is 0 Å². The molecule has 2 aromatic carbocycles. The third-order valence-electron chi connectivity index (χ3n) is 4.26. The first-order chi connectivity index (χ1) is 12.7. The zero-order valence-corrected chi connectivity index (χ0v) is 15.5. The standard InChI is InChI=1S/C19H17ClN4OS/c20-16-9-5-4-8-15(16)11-23-12-17(21-22-23)19-24(18(25)13-26-19)10-14-6-2-1-3-7-14/h1-9,12,19H,10-11,13H2/t19-/m0/s1. The summed E-state index contributed by atoms with van der Waals surface area (Å²) >= 11 is 7.81. The summed E-state index contributed by atoms with van der Waals surface area (Å²) in [7, 11) is 0. The lowest BCUT2D eigenvalue weighted by Gasteiger charge is -2.22. The van der Waals surface area contributed by atoms with Crippen molar-refractivity contribution in [2.24, 2.45) is 0 Å². The molecule has 0 saturated carbocycles. The molecule has 0 unspecified atom stereocenters. The van der Waals surface area contributed by atoms with Gasteiger partial charge in [0.1, 0.15) is 11.1 Å². The summed E-state index contributed by atoms with van der Waals surface area (Å²) in [6.07, 6.45) is 1.90. The number of rotatable bonds is 5. The number of carbonyl (C=O) groups excluding carboxylic acids is 1. The van der Waals surface area contributed by atoms with E-state index < -0.39 is 0 Å². The molecule has 132 valence electrons. The van der Waals surface area contributed by atoms with Crippen LogP contribution in [0.4, 0.5) is 0 Å². The van der Waals surface area contributed by atoms with Crippen LogP contribution in [0.2, 0.25) is 5.02 Å². The Labute approximate surface area is 161 Å². The second-order valence-electron chi connectivity index (χ2n) is 6.10. The zero-order valence-electron chi connectivity index (χ0n) is 14.0. The van der Waals surface area contributed by atoms with Gasteiger partial charge in [-0.3, -0.25) is 4.79 Å². The first-order valence-electron chi connectivity index (χ1n) is 8.29. The fraction of sp³-hybridized carbons (Fsp3) is 0.211. The predicted molar refractivity (Wildman–Crippen MR) is 103 cm³/mol. The molecule has 0 aliphatic carbocycles. The predicted octanol–water partition coefficient (Wildman–Crippen LogP) is 3.75. The molecule has 4 rings (SSSR count). The molecule has 1 amide bonds. The smallest absolute Gasteiger partial charge is 0.234 e. The first-order valence-corrected chi connectivity index (χ1v) is 9.72. The highest BCUT2D eigenvalue weighted by Gasteiger charge is 2.34. The van der Waals surface area contributed by atoms with Gasteiger partial charge in [-0.05, 0) is 17.2 Å². The van der Waals surface area contributed by atoms with E-state index in [4.69, 9.17) is 11.6 Å². The molecule has 0 spiro atoms. The van der Waals surface area contributed by atoms with Crippen LogP contribution >= 0.6 is 23.4 Å². The normalized spacial score (nSPS) is 17.0. The Morgan fingerprint density at radius 1 is 1.08 bits per heavy atom. The van der Waals surface area contributed by atoms with Crippen LogP contribution in [0.1, 0.15) is 22.2 Å². The van der Waals surface area contributed by atoms with Crippen LogP contribution in [0.15, 0.2) is 60.8 Å². The Hall–Kier alpha value is -2.31. The summed E-state index contributed by atoms with van der Waals surface area (Å²) in [6.45, 7) is 1.13. The number of aromatic nitrogens is 3. The van der Waals surface area contributed by atoms with Crippen molar-refractivity contribution in [1.82, 2.24) is 19.9 Å². The van der Waals surface area contributed by atoms with Crippen molar-refractivity contribution < 1.29 is 4.79 Å². The highest BCUT2D eigenvalue weighted by molar-refractivity contribution is 8.00. The highest BCUT2D eigenvalue weighted by Crippen LogP contribution is 2.38. The fourth-order valence-corrected chi connectivity index (χ4v) is 4.27. The molecule has 1 aromatic heterocycles. The summed E-state index contributed by atoms with van der Waals surface area (Å²) in [5.74, 6) is 0.596. The Balaban J connectivity index is 1.52. The van der Waals surface area contributed by atoms with Gasteiger partial charge in [-0.1, -0.05) is 65.3 Å². The van der Waals surface area contributed by atoms with Gasteiger partial charge in [0, 0.05) is 11.6 Å². The van der Waals surface area contributed by atoms with E-state index in [9.17, 15) is 4.79 Å². The lowest BCUT2D eigenvalue weighted by atomic mass is 10.2. The van der Waals surface area contributed by atoms with Crippen LogP contribution in [-0.2, 0) is 17.9 Å². The fourth-order valence-electron chi connectivity index (χ4n) is 2.96. The summed E-state index contributed by atoms with van der Waals surface area (Å²) in [4.78, 5) is 14.2. The molecular formula is C19H17ClN4OS. The molecule has 1 saturated heterocycles.